The molecule has 2 aromatic carbocycles. The molecule has 2 rings (SSSR count). The third-order valence-corrected chi connectivity index (χ3v) is 3.58. The SMILES string of the molecule is C=CC(=O)c1cccc(C(=O)c2ccccc2)c1Br. The average molecular weight is 315 g/mol. The molecule has 0 aliphatic rings. The summed E-state index contributed by atoms with van der Waals surface area (Å²) >= 11 is 3.33. The van der Waals surface area contributed by atoms with Crippen LogP contribution in [0.5, 0.6) is 0 Å². The molecule has 0 saturated carbocycles. The van der Waals surface area contributed by atoms with Crippen LogP contribution in [0.4, 0.5) is 0 Å². The minimum Gasteiger partial charge on any atom is -0.289 e. The van der Waals surface area contributed by atoms with E-state index in [1.54, 1.807) is 42.5 Å². The van der Waals surface area contributed by atoms with E-state index >= 15 is 0 Å². The van der Waals surface area contributed by atoms with Crippen molar-refractivity contribution in [2.75, 3.05) is 0 Å². The molecule has 2 aromatic rings. The Balaban J connectivity index is 2.50. The van der Waals surface area contributed by atoms with Crippen LogP contribution in [0.2, 0.25) is 0 Å². The lowest BCUT2D eigenvalue weighted by molar-refractivity contribution is 0.103. The quantitative estimate of drug-likeness (QED) is 0.630. The Morgan fingerprint density at radius 1 is 0.947 bits per heavy atom. The molecule has 19 heavy (non-hydrogen) atoms. The highest BCUT2D eigenvalue weighted by atomic mass is 79.9. The van der Waals surface area contributed by atoms with Gasteiger partial charge in [0.05, 0.1) is 0 Å². The topological polar surface area (TPSA) is 34.1 Å². The van der Waals surface area contributed by atoms with Crippen LogP contribution in [-0.4, -0.2) is 11.6 Å². The number of ketones is 2. The fraction of sp³-hybridized carbons (Fsp3) is 0. The smallest absolute Gasteiger partial charge is 0.194 e. The van der Waals surface area contributed by atoms with E-state index in [-0.39, 0.29) is 11.6 Å². The summed E-state index contributed by atoms with van der Waals surface area (Å²) in [6.45, 7) is 3.46. The summed E-state index contributed by atoms with van der Waals surface area (Å²) in [4.78, 5) is 24.0. The molecule has 0 bridgehead atoms. The zero-order chi connectivity index (χ0) is 13.8. The molecule has 0 atom stereocenters. The van der Waals surface area contributed by atoms with E-state index in [0.717, 1.165) is 0 Å². The van der Waals surface area contributed by atoms with Gasteiger partial charge in [-0.3, -0.25) is 9.59 Å². The first kappa shape index (κ1) is 13.4. The van der Waals surface area contributed by atoms with Gasteiger partial charge in [0, 0.05) is 21.2 Å². The molecule has 0 heterocycles. The Labute approximate surface area is 119 Å². The minimum absolute atomic E-state index is 0.119. The van der Waals surface area contributed by atoms with E-state index in [1.807, 2.05) is 6.07 Å². The fourth-order valence-electron chi connectivity index (χ4n) is 1.75. The standard InChI is InChI=1S/C16H11BrO2/c1-2-14(18)12-9-6-10-13(15(12)17)16(19)11-7-4-3-5-8-11/h2-10H,1H2. The summed E-state index contributed by atoms with van der Waals surface area (Å²) in [6, 6.07) is 14.0. The normalized spacial score (nSPS) is 9.95. The van der Waals surface area contributed by atoms with Gasteiger partial charge in [0.15, 0.2) is 11.6 Å². The van der Waals surface area contributed by atoms with Crippen LogP contribution in [0.25, 0.3) is 0 Å². The summed E-state index contributed by atoms with van der Waals surface area (Å²) in [5.74, 6) is -0.333. The van der Waals surface area contributed by atoms with Gasteiger partial charge in [-0.2, -0.15) is 0 Å². The van der Waals surface area contributed by atoms with Gasteiger partial charge < -0.3 is 0 Å². The highest BCUT2D eigenvalue weighted by Crippen LogP contribution is 2.25. The van der Waals surface area contributed by atoms with E-state index in [4.69, 9.17) is 0 Å². The molecule has 2 nitrogen and oxygen atoms in total. The number of benzene rings is 2. The molecule has 0 N–H and O–H groups in total. The Bertz CT molecular complexity index is 645. The second kappa shape index (κ2) is 5.76. The first-order valence-corrected chi connectivity index (χ1v) is 6.49. The van der Waals surface area contributed by atoms with Gasteiger partial charge in [-0.15, -0.1) is 0 Å². The van der Waals surface area contributed by atoms with Crippen molar-refractivity contribution in [1.29, 1.82) is 0 Å². The van der Waals surface area contributed by atoms with Crippen molar-refractivity contribution in [2.24, 2.45) is 0 Å². The highest BCUT2D eigenvalue weighted by molar-refractivity contribution is 9.10. The van der Waals surface area contributed by atoms with Gasteiger partial charge in [-0.25, -0.2) is 0 Å². The van der Waals surface area contributed by atoms with E-state index in [0.29, 0.717) is 21.2 Å². The molecule has 0 unspecified atom stereocenters. The van der Waals surface area contributed by atoms with Crippen LogP contribution >= 0.6 is 15.9 Å². The van der Waals surface area contributed by atoms with Crippen LogP contribution in [0.15, 0.2) is 65.7 Å². The monoisotopic (exact) mass is 314 g/mol. The minimum atomic E-state index is -0.213. The van der Waals surface area contributed by atoms with Gasteiger partial charge >= 0.3 is 0 Å². The molecular weight excluding hydrogens is 304 g/mol. The van der Waals surface area contributed by atoms with E-state index in [9.17, 15) is 9.59 Å². The molecule has 0 amide bonds. The first-order valence-electron chi connectivity index (χ1n) is 5.70. The van der Waals surface area contributed by atoms with Crippen LogP contribution in [-0.2, 0) is 0 Å². The number of carbonyl (C=O) groups is 2. The Hall–Kier alpha value is -2.00. The van der Waals surface area contributed by atoms with E-state index in [1.165, 1.54) is 6.08 Å². The lowest BCUT2D eigenvalue weighted by Gasteiger charge is -2.07. The first-order chi connectivity index (χ1) is 9.15. The second-order valence-corrected chi connectivity index (χ2v) is 4.72. The van der Waals surface area contributed by atoms with E-state index in [2.05, 4.69) is 22.5 Å². The number of carbonyl (C=O) groups excluding carboxylic acids is 2. The Kier molecular flexibility index (Phi) is 4.07. The van der Waals surface area contributed by atoms with Crippen molar-refractivity contribution in [3.63, 3.8) is 0 Å². The number of halogens is 1. The van der Waals surface area contributed by atoms with Gasteiger partial charge in [0.1, 0.15) is 0 Å². The summed E-state index contributed by atoms with van der Waals surface area (Å²) in [5, 5.41) is 0. The number of rotatable bonds is 4. The van der Waals surface area contributed by atoms with Gasteiger partial charge in [-0.05, 0) is 34.1 Å². The zero-order valence-electron chi connectivity index (χ0n) is 10.1. The molecule has 0 radical (unpaired) electrons. The maximum Gasteiger partial charge on any atom is 0.194 e. The zero-order valence-corrected chi connectivity index (χ0v) is 11.7. The lowest BCUT2D eigenvalue weighted by Crippen LogP contribution is -2.05. The maximum atomic E-state index is 12.4. The predicted octanol–water partition coefficient (Wildman–Crippen LogP) is 4.05. The molecule has 0 aromatic heterocycles. The van der Waals surface area contributed by atoms with Crippen molar-refractivity contribution in [2.45, 2.75) is 0 Å². The number of hydrogen-bond acceptors (Lipinski definition) is 2. The van der Waals surface area contributed by atoms with Crippen LogP contribution in [0, 0.1) is 0 Å². The van der Waals surface area contributed by atoms with Crippen molar-refractivity contribution in [3.05, 3.63) is 82.3 Å². The molecule has 3 heteroatoms. The largest absolute Gasteiger partial charge is 0.289 e. The van der Waals surface area contributed by atoms with Gasteiger partial charge in [0.25, 0.3) is 0 Å². The van der Waals surface area contributed by atoms with Crippen molar-refractivity contribution in [1.82, 2.24) is 0 Å². The maximum absolute atomic E-state index is 12.4. The Morgan fingerprint density at radius 2 is 1.58 bits per heavy atom. The van der Waals surface area contributed by atoms with Crippen LogP contribution in [0.3, 0.4) is 0 Å². The summed E-state index contributed by atoms with van der Waals surface area (Å²) in [7, 11) is 0. The third kappa shape index (κ3) is 2.71. The van der Waals surface area contributed by atoms with Crippen LogP contribution in [0.1, 0.15) is 26.3 Å². The molecular formula is C16H11BrO2. The molecule has 0 aliphatic carbocycles. The summed E-state index contributed by atoms with van der Waals surface area (Å²) in [6.07, 6.45) is 1.23. The second-order valence-electron chi connectivity index (χ2n) is 3.93. The number of allylic oxidation sites excluding steroid dienone is 1. The van der Waals surface area contributed by atoms with E-state index < -0.39 is 0 Å². The molecule has 0 saturated heterocycles. The molecule has 94 valence electrons. The van der Waals surface area contributed by atoms with Crippen molar-refractivity contribution >= 4 is 27.5 Å². The van der Waals surface area contributed by atoms with Crippen LogP contribution < -0.4 is 0 Å². The highest BCUT2D eigenvalue weighted by Gasteiger charge is 2.16. The average Bonchev–Trinajstić information content (AvgIpc) is 2.47. The van der Waals surface area contributed by atoms with Gasteiger partial charge in [0.2, 0.25) is 0 Å². The lowest BCUT2D eigenvalue weighted by atomic mass is 10.00. The third-order valence-electron chi connectivity index (χ3n) is 2.73. The number of hydrogen-bond donors (Lipinski definition) is 0. The summed E-state index contributed by atoms with van der Waals surface area (Å²) < 4.78 is 0.508. The fourth-order valence-corrected chi connectivity index (χ4v) is 2.39. The molecule has 0 aliphatic heterocycles. The summed E-state index contributed by atoms with van der Waals surface area (Å²) in [5.41, 5.74) is 1.50. The van der Waals surface area contributed by atoms with Crippen molar-refractivity contribution in [3.8, 4) is 0 Å². The molecule has 0 fully saturated rings. The Morgan fingerprint density at radius 3 is 2.21 bits per heavy atom. The van der Waals surface area contributed by atoms with Gasteiger partial charge in [-0.1, -0.05) is 43.0 Å². The molecule has 0 spiro atoms. The van der Waals surface area contributed by atoms with Crippen molar-refractivity contribution < 1.29 is 9.59 Å². The predicted molar refractivity (Wildman–Crippen MR) is 78.5 cm³/mol.